The second-order valence-electron chi connectivity index (χ2n) is 4.91. The fourth-order valence-electron chi connectivity index (χ4n) is 2.32. The zero-order chi connectivity index (χ0) is 15.9. The predicted molar refractivity (Wildman–Crippen MR) is 77.9 cm³/mol. The van der Waals surface area contributed by atoms with Crippen LogP contribution in [0.15, 0.2) is 44.0 Å². The number of aliphatic carboxylic acids is 1. The number of rotatable bonds is 3. The van der Waals surface area contributed by atoms with Crippen LogP contribution in [0.3, 0.4) is 0 Å². The Morgan fingerprint density at radius 2 is 1.82 bits per heavy atom. The molecule has 0 unspecified atom stereocenters. The van der Waals surface area contributed by atoms with Crippen molar-refractivity contribution < 1.29 is 23.8 Å². The molecule has 0 atom stereocenters. The summed E-state index contributed by atoms with van der Waals surface area (Å²) in [4.78, 5) is 23.1. The van der Waals surface area contributed by atoms with Crippen LogP contribution in [0.4, 0.5) is 0 Å². The fraction of sp³-hybridized carbons (Fsp3) is 0.125. The minimum absolute atomic E-state index is 0.00933. The smallest absolute Gasteiger partial charge is 0.308 e. The van der Waals surface area contributed by atoms with Crippen LogP contribution in [0.1, 0.15) is 11.3 Å². The highest BCUT2D eigenvalue weighted by Gasteiger charge is 2.22. The summed E-state index contributed by atoms with van der Waals surface area (Å²) in [5, 5.41) is 18.4. The van der Waals surface area contributed by atoms with E-state index in [0.717, 1.165) is 0 Å². The van der Waals surface area contributed by atoms with Crippen molar-refractivity contribution in [1.29, 1.82) is 0 Å². The third-order valence-corrected chi connectivity index (χ3v) is 3.24. The van der Waals surface area contributed by atoms with E-state index >= 15 is 0 Å². The van der Waals surface area contributed by atoms with Gasteiger partial charge in [0.2, 0.25) is 11.0 Å². The van der Waals surface area contributed by atoms with E-state index in [0.29, 0.717) is 16.9 Å². The SMILES string of the molecule is Cc1cc(=O)c2oc(-c3ccc(O)cc3)c(CC(=O)O)c2o1. The first-order valence-electron chi connectivity index (χ1n) is 6.53. The lowest BCUT2D eigenvalue weighted by Gasteiger charge is -2.01. The molecule has 2 aromatic heterocycles. The topological polar surface area (TPSA) is 101 Å². The first-order valence-corrected chi connectivity index (χ1v) is 6.53. The normalized spacial score (nSPS) is 11.0. The summed E-state index contributed by atoms with van der Waals surface area (Å²) in [5.41, 5.74) is 0.627. The van der Waals surface area contributed by atoms with Crippen molar-refractivity contribution in [3.05, 3.63) is 51.9 Å². The van der Waals surface area contributed by atoms with Gasteiger partial charge in [0.05, 0.1) is 12.0 Å². The number of aryl methyl sites for hydroxylation is 1. The number of phenols is 1. The van der Waals surface area contributed by atoms with Crippen LogP contribution < -0.4 is 5.43 Å². The number of furan rings is 1. The molecule has 2 N–H and O–H groups in total. The van der Waals surface area contributed by atoms with Crippen LogP contribution in [0, 0.1) is 6.92 Å². The van der Waals surface area contributed by atoms with E-state index in [-0.39, 0.29) is 34.5 Å². The Labute approximate surface area is 124 Å². The zero-order valence-corrected chi connectivity index (χ0v) is 11.6. The maximum atomic E-state index is 12.0. The van der Waals surface area contributed by atoms with Crippen LogP contribution in [0.2, 0.25) is 0 Å². The van der Waals surface area contributed by atoms with Gasteiger partial charge in [-0.15, -0.1) is 0 Å². The number of phenolic OH excluding ortho intramolecular Hbond substituents is 1. The second kappa shape index (κ2) is 5.07. The van der Waals surface area contributed by atoms with Gasteiger partial charge in [0, 0.05) is 11.6 Å². The number of carbonyl (C=O) groups is 1. The molecule has 6 heteroatoms. The summed E-state index contributed by atoms with van der Waals surface area (Å²) in [6.07, 6.45) is -0.338. The van der Waals surface area contributed by atoms with Crippen molar-refractivity contribution >= 4 is 17.1 Å². The van der Waals surface area contributed by atoms with Crippen molar-refractivity contribution in [2.24, 2.45) is 0 Å². The van der Waals surface area contributed by atoms with Crippen LogP contribution in [0.25, 0.3) is 22.5 Å². The second-order valence-corrected chi connectivity index (χ2v) is 4.91. The minimum Gasteiger partial charge on any atom is -0.508 e. The Balaban J connectivity index is 2.33. The van der Waals surface area contributed by atoms with E-state index in [4.69, 9.17) is 13.9 Å². The molecule has 0 saturated heterocycles. The molecule has 0 amide bonds. The summed E-state index contributed by atoms with van der Waals surface area (Å²) in [6, 6.07) is 7.35. The minimum atomic E-state index is -1.06. The standard InChI is InChI=1S/C16H12O6/c1-8-6-12(18)16-15(21-8)11(7-13(19)20)14(22-16)9-2-4-10(17)5-3-9/h2-6,17H,7H2,1H3,(H,19,20). The average Bonchev–Trinajstić information content (AvgIpc) is 2.78. The largest absolute Gasteiger partial charge is 0.508 e. The van der Waals surface area contributed by atoms with Crippen LogP contribution in [0.5, 0.6) is 5.75 Å². The molecule has 0 aliphatic heterocycles. The quantitative estimate of drug-likeness (QED) is 0.771. The first-order chi connectivity index (χ1) is 10.5. The van der Waals surface area contributed by atoms with E-state index in [2.05, 4.69) is 0 Å². The fourth-order valence-corrected chi connectivity index (χ4v) is 2.32. The van der Waals surface area contributed by atoms with Gasteiger partial charge in [0.25, 0.3) is 0 Å². The van der Waals surface area contributed by atoms with Crippen LogP contribution in [-0.4, -0.2) is 16.2 Å². The molecule has 22 heavy (non-hydrogen) atoms. The Hall–Kier alpha value is -3.02. The van der Waals surface area contributed by atoms with Gasteiger partial charge >= 0.3 is 5.97 Å². The highest BCUT2D eigenvalue weighted by Crippen LogP contribution is 2.33. The molecule has 3 rings (SSSR count). The molecule has 0 radical (unpaired) electrons. The third-order valence-electron chi connectivity index (χ3n) is 3.24. The predicted octanol–water partition coefficient (Wildman–Crippen LogP) is 2.69. The zero-order valence-electron chi connectivity index (χ0n) is 11.6. The van der Waals surface area contributed by atoms with Gasteiger partial charge in [-0.2, -0.15) is 0 Å². The molecule has 3 aromatic rings. The van der Waals surface area contributed by atoms with Gasteiger partial charge < -0.3 is 19.0 Å². The molecule has 0 saturated carbocycles. The molecule has 2 heterocycles. The molecular formula is C16H12O6. The highest BCUT2D eigenvalue weighted by molar-refractivity contribution is 5.87. The Morgan fingerprint density at radius 1 is 1.14 bits per heavy atom. The van der Waals surface area contributed by atoms with Gasteiger partial charge in [-0.05, 0) is 31.2 Å². The maximum absolute atomic E-state index is 12.0. The summed E-state index contributed by atoms with van der Waals surface area (Å²) in [7, 11) is 0. The molecule has 1 aromatic carbocycles. The average molecular weight is 300 g/mol. The molecule has 112 valence electrons. The monoisotopic (exact) mass is 300 g/mol. The van der Waals surface area contributed by atoms with Crippen molar-refractivity contribution in [3.8, 4) is 17.1 Å². The van der Waals surface area contributed by atoms with Crippen molar-refractivity contribution in [1.82, 2.24) is 0 Å². The van der Waals surface area contributed by atoms with Crippen LogP contribution in [-0.2, 0) is 11.2 Å². The van der Waals surface area contributed by atoms with Gasteiger partial charge in [0.1, 0.15) is 17.3 Å². The molecule has 0 aliphatic carbocycles. The molecular weight excluding hydrogens is 288 g/mol. The lowest BCUT2D eigenvalue weighted by Crippen LogP contribution is -2.02. The summed E-state index contributed by atoms with van der Waals surface area (Å²) in [6.45, 7) is 1.61. The van der Waals surface area contributed by atoms with Gasteiger partial charge in [-0.25, -0.2) is 0 Å². The number of hydrogen-bond acceptors (Lipinski definition) is 5. The Bertz CT molecular complexity index is 914. The van der Waals surface area contributed by atoms with E-state index < -0.39 is 5.97 Å². The summed E-state index contributed by atoms with van der Waals surface area (Å²) < 4.78 is 11.1. The third kappa shape index (κ3) is 2.35. The number of fused-ring (bicyclic) bond motifs is 1. The molecule has 0 bridgehead atoms. The molecule has 0 aliphatic rings. The van der Waals surface area contributed by atoms with Crippen molar-refractivity contribution in [2.45, 2.75) is 13.3 Å². The summed E-state index contributed by atoms with van der Waals surface area (Å²) in [5.74, 6) is -0.359. The Kier molecular flexibility index (Phi) is 3.21. The lowest BCUT2D eigenvalue weighted by atomic mass is 10.1. The first kappa shape index (κ1) is 13.9. The van der Waals surface area contributed by atoms with Crippen molar-refractivity contribution in [2.75, 3.05) is 0 Å². The number of carboxylic acid groups (broad SMARTS) is 1. The Morgan fingerprint density at radius 3 is 2.45 bits per heavy atom. The lowest BCUT2D eigenvalue weighted by molar-refractivity contribution is -0.136. The van der Waals surface area contributed by atoms with Gasteiger partial charge in [-0.1, -0.05) is 0 Å². The summed E-state index contributed by atoms with van der Waals surface area (Å²) >= 11 is 0. The van der Waals surface area contributed by atoms with E-state index in [1.54, 1.807) is 19.1 Å². The highest BCUT2D eigenvalue weighted by atomic mass is 16.4. The van der Waals surface area contributed by atoms with Gasteiger partial charge in [-0.3, -0.25) is 9.59 Å². The van der Waals surface area contributed by atoms with E-state index in [1.807, 2.05) is 0 Å². The molecule has 6 nitrogen and oxygen atoms in total. The molecule has 0 fully saturated rings. The van der Waals surface area contributed by atoms with Gasteiger partial charge in [0.15, 0.2) is 5.58 Å². The van der Waals surface area contributed by atoms with E-state index in [1.165, 1.54) is 18.2 Å². The molecule has 0 spiro atoms. The number of carboxylic acids is 1. The van der Waals surface area contributed by atoms with Crippen LogP contribution >= 0.6 is 0 Å². The van der Waals surface area contributed by atoms with E-state index in [9.17, 15) is 14.7 Å². The van der Waals surface area contributed by atoms with Crippen molar-refractivity contribution in [3.63, 3.8) is 0 Å². The number of hydrogen-bond donors (Lipinski definition) is 2. The number of aromatic hydroxyl groups is 1. The number of benzene rings is 1. The maximum Gasteiger partial charge on any atom is 0.308 e.